The third-order valence-corrected chi connectivity index (χ3v) is 6.00. The van der Waals surface area contributed by atoms with Crippen LogP contribution in [0.4, 0.5) is 0 Å². The van der Waals surface area contributed by atoms with E-state index in [1.807, 2.05) is 30.3 Å². The number of hydrogen-bond acceptors (Lipinski definition) is 6. The summed E-state index contributed by atoms with van der Waals surface area (Å²) in [5.41, 5.74) is 0.977. The van der Waals surface area contributed by atoms with Gasteiger partial charge in [-0.25, -0.2) is 4.98 Å². The van der Waals surface area contributed by atoms with Gasteiger partial charge in [-0.2, -0.15) is 0 Å². The molecule has 2 atom stereocenters. The lowest BCUT2D eigenvalue weighted by atomic mass is 9.74. The molecule has 0 radical (unpaired) electrons. The van der Waals surface area contributed by atoms with Gasteiger partial charge in [0.25, 0.3) is 5.91 Å². The molecule has 32 heavy (non-hydrogen) atoms. The van der Waals surface area contributed by atoms with Crippen molar-refractivity contribution in [2.45, 2.75) is 63.3 Å². The summed E-state index contributed by atoms with van der Waals surface area (Å²) in [5.74, 6) is -1.22. The van der Waals surface area contributed by atoms with E-state index < -0.39 is 30.9 Å². The number of carbonyl (C=O) groups excluding carboxylic acids is 2. The molecule has 0 spiro atoms. The molecule has 0 unspecified atom stereocenters. The van der Waals surface area contributed by atoms with Crippen LogP contribution in [0.2, 0.25) is 0 Å². The van der Waals surface area contributed by atoms with Crippen molar-refractivity contribution in [3.05, 3.63) is 60.2 Å². The molecule has 1 saturated carbocycles. The minimum atomic E-state index is -1.67. The first kappa shape index (κ1) is 23.9. The predicted octanol–water partition coefficient (Wildman–Crippen LogP) is 1.67. The third-order valence-electron chi connectivity index (χ3n) is 6.00. The fourth-order valence-electron chi connectivity index (χ4n) is 4.18. The largest absolute Gasteiger partial charge is 0.475 e. The number of nitrogens with one attached hydrogen (secondary N) is 2. The summed E-state index contributed by atoms with van der Waals surface area (Å²) in [4.78, 5) is 33.6. The Balaban J connectivity index is 1.66. The van der Waals surface area contributed by atoms with Crippen LogP contribution in [0, 0.1) is 5.92 Å². The van der Waals surface area contributed by atoms with Gasteiger partial charge in [0.2, 0.25) is 5.91 Å². The highest BCUT2D eigenvalue weighted by Crippen LogP contribution is 2.27. The molecule has 3 rings (SSSR count). The van der Waals surface area contributed by atoms with Crippen molar-refractivity contribution in [3.63, 3.8) is 0 Å². The lowest BCUT2D eigenvalue weighted by molar-refractivity contribution is -0.123. The lowest BCUT2D eigenvalue weighted by Crippen LogP contribution is -2.54. The minimum Gasteiger partial charge on any atom is -0.426 e. The predicted molar refractivity (Wildman–Crippen MR) is 121 cm³/mol. The van der Waals surface area contributed by atoms with E-state index >= 15 is 0 Å². The molecule has 0 aliphatic heterocycles. The van der Waals surface area contributed by atoms with Crippen LogP contribution in [-0.2, 0) is 11.2 Å². The van der Waals surface area contributed by atoms with E-state index in [-0.39, 0.29) is 12.1 Å². The van der Waals surface area contributed by atoms with Crippen LogP contribution < -0.4 is 10.6 Å². The Morgan fingerprint density at radius 1 is 1.06 bits per heavy atom. The molecule has 0 saturated heterocycles. The summed E-state index contributed by atoms with van der Waals surface area (Å²) in [5, 5.41) is 25.2. The van der Waals surface area contributed by atoms with Crippen LogP contribution in [0.25, 0.3) is 0 Å². The zero-order chi connectivity index (χ0) is 22.8. The van der Waals surface area contributed by atoms with Crippen LogP contribution >= 0.6 is 0 Å². The highest BCUT2D eigenvalue weighted by Gasteiger charge is 2.30. The fraction of sp³-hybridized carbons (Fsp3) is 0.478. The van der Waals surface area contributed by atoms with E-state index in [1.165, 1.54) is 37.9 Å². The maximum Gasteiger partial charge on any atom is 0.475 e. The Morgan fingerprint density at radius 2 is 1.81 bits per heavy atom. The van der Waals surface area contributed by atoms with E-state index in [0.717, 1.165) is 24.8 Å². The molecule has 4 N–H and O–H groups in total. The van der Waals surface area contributed by atoms with Crippen LogP contribution in [0.15, 0.2) is 48.9 Å². The maximum atomic E-state index is 13.1. The molecule has 1 fully saturated rings. The second-order valence-electron chi connectivity index (χ2n) is 8.42. The minimum absolute atomic E-state index is 0.106. The van der Waals surface area contributed by atoms with Gasteiger partial charge in [-0.3, -0.25) is 14.6 Å². The van der Waals surface area contributed by atoms with E-state index in [0.29, 0.717) is 12.3 Å². The van der Waals surface area contributed by atoms with Gasteiger partial charge in [0.05, 0.1) is 12.1 Å². The Morgan fingerprint density at radius 3 is 2.47 bits per heavy atom. The second kappa shape index (κ2) is 12.3. The Labute approximate surface area is 189 Å². The second-order valence-corrected chi connectivity index (χ2v) is 8.42. The molecule has 2 aromatic rings. The number of benzene rings is 1. The molecule has 0 bridgehead atoms. The molecule has 1 aliphatic rings. The molecule has 1 aliphatic carbocycles. The summed E-state index contributed by atoms with van der Waals surface area (Å²) in [7, 11) is -1.67. The molecule has 1 heterocycles. The monoisotopic (exact) mass is 438 g/mol. The van der Waals surface area contributed by atoms with E-state index in [1.54, 1.807) is 0 Å². The SMILES string of the molecule is O=C(N[C@@H](Cc1ccccc1)C(=O)N[C@@H](CCC1CCCCC1)B(O)O)c1cnccn1. The van der Waals surface area contributed by atoms with Crippen molar-refractivity contribution in [2.75, 3.05) is 0 Å². The number of carbonyl (C=O) groups is 2. The van der Waals surface area contributed by atoms with E-state index in [2.05, 4.69) is 20.6 Å². The number of aromatic nitrogens is 2. The topological polar surface area (TPSA) is 124 Å². The molecule has 8 nitrogen and oxygen atoms in total. The number of amides is 2. The Bertz CT molecular complexity index is 848. The number of hydrogen-bond donors (Lipinski definition) is 4. The number of nitrogens with zero attached hydrogens (tertiary/aromatic N) is 2. The first-order chi connectivity index (χ1) is 15.5. The third kappa shape index (κ3) is 7.42. The highest BCUT2D eigenvalue weighted by molar-refractivity contribution is 6.43. The van der Waals surface area contributed by atoms with Gasteiger partial charge in [-0.1, -0.05) is 62.4 Å². The molecular weight excluding hydrogens is 407 g/mol. The van der Waals surface area contributed by atoms with Crippen molar-refractivity contribution in [2.24, 2.45) is 5.92 Å². The smallest absolute Gasteiger partial charge is 0.426 e. The average Bonchev–Trinajstić information content (AvgIpc) is 2.82. The van der Waals surface area contributed by atoms with Crippen molar-refractivity contribution in [1.29, 1.82) is 0 Å². The molecule has 1 aromatic carbocycles. The van der Waals surface area contributed by atoms with Crippen LogP contribution in [0.1, 0.15) is 61.0 Å². The van der Waals surface area contributed by atoms with Gasteiger partial charge >= 0.3 is 7.12 Å². The van der Waals surface area contributed by atoms with Gasteiger partial charge < -0.3 is 20.7 Å². The summed E-state index contributed by atoms with van der Waals surface area (Å²) in [6.45, 7) is 0. The van der Waals surface area contributed by atoms with Crippen molar-refractivity contribution >= 4 is 18.9 Å². The Hall–Kier alpha value is -2.78. The first-order valence-corrected chi connectivity index (χ1v) is 11.3. The normalized spacial score (nSPS) is 16.1. The summed E-state index contributed by atoms with van der Waals surface area (Å²) < 4.78 is 0. The molecule has 9 heteroatoms. The van der Waals surface area contributed by atoms with E-state index in [4.69, 9.17) is 0 Å². The van der Waals surface area contributed by atoms with Crippen molar-refractivity contribution in [1.82, 2.24) is 20.6 Å². The quantitative estimate of drug-likeness (QED) is 0.419. The summed E-state index contributed by atoms with van der Waals surface area (Å²) in [6, 6.07) is 8.44. The van der Waals surface area contributed by atoms with Gasteiger partial charge in [0.15, 0.2) is 0 Å². The standard InChI is InChI=1S/C23H31BN4O4/c29-22(28-21(24(31)32)12-11-17-7-3-1-4-8-17)19(15-18-9-5-2-6-10-18)27-23(30)20-16-25-13-14-26-20/h2,5-6,9-10,13-14,16-17,19,21,31-32H,1,3-4,7-8,11-12,15H2,(H,27,30)(H,28,29)/t19-,21-/m0/s1. The zero-order valence-electron chi connectivity index (χ0n) is 18.2. The fourth-order valence-corrected chi connectivity index (χ4v) is 4.18. The van der Waals surface area contributed by atoms with Gasteiger partial charge in [-0.15, -0.1) is 0 Å². The average molecular weight is 438 g/mol. The number of rotatable bonds is 10. The molecular formula is C23H31BN4O4. The molecule has 170 valence electrons. The maximum absolute atomic E-state index is 13.1. The Kier molecular flexibility index (Phi) is 9.19. The van der Waals surface area contributed by atoms with Gasteiger partial charge in [0.1, 0.15) is 11.7 Å². The van der Waals surface area contributed by atoms with Crippen LogP contribution in [0.5, 0.6) is 0 Å². The molecule has 2 amide bonds. The highest BCUT2D eigenvalue weighted by atomic mass is 16.4. The zero-order valence-corrected chi connectivity index (χ0v) is 18.2. The summed E-state index contributed by atoms with van der Waals surface area (Å²) >= 11 is 0. The van der Waals surface area contributed by atoms with Gasteiger partial charge in [0, 0.05) is 18.8 Å². The van der Waals surface area contributed by atoms with Crippen LogP contribution in [0.3, 0.4) is 0 Å². The molecule has 1 aromatic heterocycles. The van der Waals surface area contributed by atoms with Crippen LogP contribution in [-0.4, -0.2) is 50.9 Å². The first-order valence-electron chi connectivity index (χ1n) is 11.3. The van der Waals surface area contributed by atoms with Gasteiger partial charge in [-0.05, 0) is 24.3 Å². The van der Waals surface area contributed by atoms with Crippen molar-refractivity contribution < 1.29 is 19.6 Å². The summed E-state index contributed by atoms with van der Waals surface area (Å²) in [6.07, 6.45) is 11.7. The lowest BCUT2D eigenvalue weighted by Gasteiger charge is -2.26. The van der Waals surface area contributed by atoms with Crippen molar-refractivity contribution in [3.8, 4) is 0 Å². The van der Waals surface area contributed by atoms with E-state index in [9.17, 15) is 19.6 Å².